The van der Waals surface area contributed by atoms with Gasteiger partial charge >= 0.3 is 0 Å². The number of aromatic nitrogens is 1. The van der Waals surface area contributed by atoms with Crippen LogP contribution in [0, 0.1) is 20.8 Å². The molecule has 1 aromatic heterocycles. The lowest BCUT2D eigenvalue weighted by atomic mass is 10.1. The summed E-state index contributed by atoms with van der Waals surface area (Å²) in [7, 11) is 0. The highest BCUT2D eigenvalue weighted by Gasteiger charge is 2.12. The molecule has 0 saturated heterocycles. The van der Waals surface area contributed by atoms with Crippen molar-refractivity contribution in [3.05, 3.63) is 86.7 Å². The third-order valence-electron chi connectivity index (χ3n) is 5.41. The highest BCUT2D eigenvalue weighted by molar-refractivity contribution is 7.80. The summed E-state index contributed by atoms with van der Waals surface area (Å²) in [6, 6.07) is 15.0. The summed E-state index contributed by atoms with van der Waals surface area (Å²) in [5.41, 5.74) is 6.52. The first-order valence-corrected chi connectivity index (χ1v) is 12.0. The zero-order chi connectivity index (χ0) is 25.1. The number of amides is 1. The van der Waals surface area contributed by atoms with Crippen LogP contribution in [0.4, 0.5) is 5.69 Å². The summed E-state index contributed by atoms with van der Waals surface area (Å²) < 4.78 is 11.4. The second kappa shape index (κ2) is 10.6. The zero-order valence-electron chi connectivity index (χ0n) is 19.4. The number of aryl methyl sites for hydroxylation is 3. The van der Waals surface area contributed by atoms with E-state index in [4.69, 9.17) is 44.6 Å². The second-order valence-electron chi connectivity index (χ2n) is 8.21. The number of rotatable bonds is 6. The number of carbonyl (C=O) groups excluding carboxylic acids is 1. The van der Waals surface area contributed by atoms with Crippen molar-refractivity contribution in [2.45, 2.75) is 27.2 Å². The number of benzene rings is 3. The molecule has 4 rings (SSSR count). The number of thiocarbonyl (C=S) groups is 1. The van der Waals surface area contributed by atoms with Crippen LogP contribution in [0.25, 0.3) is 11.1 Å². The molecule has 0 aliphatic rings. The summed E-state index contributed by atoms with van der Waals surface area (Å²) in [4.78, 5) is 16.8. The van der Waals surface area contributed by atoms with E-state index in [0.29, 0.717) is 28.1 Å². The van der Waals surface area contributed by atoms with Crippen molar-refractivity contribution in [2.24, 2.45) is 0 Å². The molecule has 0 radical (unpaired) electrons. The normalized spacial score (nSPS) is 10.9. The van der Waals surface area contributed by atoms with Gasteiger partial charge in [-0.1, -0.05) is 35.3 Å². The Morgan fingerprint density at radius 1 is 1.03 bits per heavy atom. The molecule has 6 nitrogen and oxygen atoms in total. The number of anilines is 1. The van der Waals surface area contributed by atoms with Crippen LogP contribution in [0.2, 0.25) is 10.0 Å². The van der Waals surface area contributed by atoms with Gasteiger partial charge in [0.2, 0.25) is 0 Å². The van der Waals surface area contributed by atoms with Crippen molar-refractivity contribution in [2.75, 3.05) is 11.9 Å². The number of hydrogen-bond acceptors (Lipinski definition) is 5. The minimum atomic E-state index is -0.411. The molecule has 180 valence electrons. The van der Waals surface area contributed by atoms with Crippen LogP contribution in [0.5, 0.6) is 5.75 Å². The average Bonchev–Trinajstić information content (AvgIpc) is 3.15. The Bertz CT molecular complexity index is 1360. The Hall–Kier alpha value is -3.13. The number of hydrogen-bond donors (Lipinski definition) is 2. The van der Waals surface area contributed by atoms with Gasteiger partial charge in [0.05, 0.1) is 5.02 Å². The van der Waals surface area contributed by atoms with Gasteiger partial charge in [-0.15, -0.1) is 0 Å². The van der Waals surface area contributed by atoms with Gasteiger partial charge in [0.1, 0.15) is 11.3 Å². The molecule has 9 heteroatoms. The lowest BCUT2D eigenvalue weighted by Gasteiger charge is -2.13. The molecule has 3 aromatic carbocycles. The Labute approximate surface area is 218 Å². The van der Waals surface area contributed by atoms with E-state index in [9.17, 15) is 4.79 Å². The summed E-state index contributed by atoms with van der Waals surface area (Å²) >= 11 is 17.3. The monoisotopic (exact) mass is 527 g/mol. The highest BCUT2D eigenvalue weighted by Crippen LogP contribution is 2.31. The minimum Gasteiger partial charge on any atom is -0.482 e. The maximum absolute atomic E-state index is 12.2. The number of nitrogens with zero attached hydrogens (tertiary/aromatic N) is 1. The summed E-state index contributed by atoms with van der Waals surface area (Å²) in [5.74, 6) is 0.653. The SMILES string of the molecule is Cc1cc2nc(Cc3ccc(NC(=S)NC(=O)COc4c(C)cc(Cl)cc4Cl)cc3)oc2cc1C. The first-order valence-electron chi connectivity index (χ1n) is 10.8. The van der Waals surface area contributed by atoms with Crippen LogP contribution < -0.4 is 15.4 Å². The van der Waals surface area contributed by atoms with Gasteiger partial charge in [0.25, 0.3) is 5.91 Å². The van der Waals surface area contributed by atoms with Gasteiger partial charge in [0, 0.05) is 17.1 Å². The van der Waals surface area contributed by atoms with Crippen LogP contribution in [0.1, 0.15) is 28.1 Å². The third kappa shape index (κ3) is 6.31. The topological polar surface area (TPSA) is 76.4 Å². The van der Waals surface area contributed by atoms with Crippen molar-refractivity contribution in [1.29, 1.82) is 0 Å². The number of carbonyl (C=O) groups is 1. The Kier molecular flexibility index (Phi) is 7.60. The number of oxazole rings is 1. The molecule has 2 N–H and O–H groups in total. The van der Waals surface area contributed by atoms with Gasteiger partial charge in [-0.3, -0.25) is 10.1 Å². The van der Waals surface area contributed by atoms with Crippen LogP contribution >= 0.6 is 35.4 Å². The molecular formula is C26H23Cl2N3O3S. The summed E-state index contributed by atoms with van der Waals surface area (Å²) in [6.07, 6.45) is 0.568. The molecular weight excluding hydrogens is 505 g/mol. The Morgan fingerprint density at radius 3 is 2.46 bits per heavy atom. The molecule has 1 amide bonds. The maximum atomic E-state index is 12.2. The first-order chi connectivity index (χ1) is 16.7. The fourth-order valence-electron chi connectivity index (χ4n) is 3.52. The van der Waals surface area contributed by atoms with E-state index in [0.717, 1.165) is 27.9 Å². The quantitative estimate of drug-likeness (QED) is 0.277. The molecule has 0 spiro atoms. The van der Waals surface area contributed by atoms with Crippen LogP contribution in [-0.2, 0) is 11.2 Å². The fraction of sp³-hybridized carbons (Fsp3) is 0.192. The molecule has 0 bridgehead atoms. The lowest BCUT2D eigenvalue weighted by Crippen LogP contribution is -2.37. The predicted molar refractivity (Wildman–Crippen MR) is 144 cm³/mol. The van der Waals surface area contributed by atoms with Gasteiger partial charge in [-0.25, -0.2) is 4.98 Å². The van der Waals surface area contributed by atoms with Gasteiger partial charge in [-0.2, -0.15) is 0 Å². The average molecular weight is 528 g/mol. The molecule has 4 aromatic rings. The largest absolute Gasteiger partial charge is 0.482 e. The van der Waals surface area contributed by atoms with E-state index in [1.165, 1.54) is 11.1 Å². The number of halogens is 2. The molecule has 0 saturated carbocycles. The number of nitrogens with one attached hydrogen (secondary N) is 2. The highest BCUT2D eigenvalue weighted by atomic mass is 35.5. The third-order valence-corrected chi connectivity index (χ3v) is 6.11. The van der Waals surface area contributed by atoms with Crippen LogP contribution in [-0.4, -0.2) is 22.6 Å². The van der Waals surface area contributed by atoms with E-state index < -0.39 is 5.91 Å². The Balaban J connectivity index is 1.30. The van der Waals surface area contributed by atoms with Gasteiger partial charge in [0.15, 0.2) is 23.2 Å². The van der Waals surface area contributed by atoms with Crippen molar-refractivity contribution >= 4 is 63.2 Å². The van der Waals surface area contributed by atoms with Crippen molar-refractivity contribution in [3.63, 3.8) is 0 Å². The standard InChI is InChI=1S/C26H23Cl2N3O3S/c1-14-9-21-22(10-15(14)2)34-24(30-21)11-17-4-6-19(7-5-17)29-26(35)31-23(32)13-33-25-16(3)8-18(27)12-20(25)28/h4-10,12H,11,13H2,1-3H3,(H2,29,31,32,35). The maximum Gasteiger partial charge on any atom is 0.264 e. The molecule has 1 heterocycles. The van der Waals surface area contributed by atoms with Crippen molar-refractivity contribution < 1.29 is 13.9 Å². The molecule has 0 aliphatic heterocycles. The summed E-state index contributed by atoms with van der Waals surface area (Å²) in [6.45, 7) is 5.67. The molecule has 0 atom stereocenters. The van der Waals surface area contributed by atoms with Crippen LogP contribution in [0.3, 0.4) is 0 Å². The Morgan fingerprint density at radius 2 is 1.74 bits per heavy atom. The lowest BCUT2D eigenvalue weighted by molar-refractivity contribution is -0.121. The zero-order valence-corrected chi connectivity index (χ0v) is 21.7. The second-order valence-corrected chi connectivity index (χ2v) is 9.46. The van der Waals surface area contributed by atoms with E-state index in [-0.39, 0.29) is 11.7 Å². The van der Waals surface area contributed by atoms with Gasteiger partial charge < -0.3 is 14.5 Å². The van der Waals surface area contributed by atoms with Crippen LogP contribution in [0.15, 0.2) is 52.9 Å². The smallest absolute Gasteiger partial charge is 0.264 e. The van der Waals surface area contributed by atoms with E-state index >= 15 is 0 Å². The van der Waals surface area contributed by atoms with Crippen molar-refractivity contribution in [1.82, 2.24) is 10.3 Å². The molecule has 0 fully saturated rings. The van der Waals surface area contributed by atoms with E-state index in [2.05, 4.69) is 29.5 Å². The predicted octanol–water partition coefficient (Wildman–Crippen LogP) is 6.54. The minimum absolute atomic E-state index is 0.162. The summed E-state index contributed by atoms with van der Waals surface area (Å²) in [5, 5.41) is 6.58. The van der Waals surface area contributed by atoms with Crippen molar-refractivity contribution in [3.8, 4) is 5.75 Å². The first kappa shape index (κ1) is 25.0. The fourth-order valence-corrected chi connectivity index (χ4v) is 4.40. The number of fused-ring (bicyclic) bond motifs is 1. The molecule has 0 aliphatic carbocycles. The molecule has 35 heavy (non-hydrogen) atoms. The van der Waals surface area contributed by atoms with E-state index in [1.54, 1.807) is 19.1 Å². The van der Waals surface area contributed by atoms with E-state index in [1.807, 2.05) is 36.4 Å². The molecule has 0 unspecified atom stereocenters. The van der Waals surface area contributed by atoms with Gasteiger partial charge in [-0.05, 0) is 91.6 Å². The number of ether oxygens (including phenoxy) is 1.